The minimum Gasteiger partial charge on any atom is -0.369 e. The summed E-state index contributed by atoms with van der Waals surface area (Å²) in [6.07, 6.45) is 3.60. The fourth-order valence-corrected chi connectivity index (χ4v) is 4.06. The zero-order chi connectivity index (χ0) is 17.8. The summed E-state index contributed by atoms with van der Waals surface area (Å²) in [5.74, 6) is 1.21. The first-order valence-electron chi connectivity index (χ1n) is 9.55. The van der Waals surface area contributed by atoms with Crippen molar-refractivity contribution >= 4 is 11.6 Å². The van der Waals surface area contributed by atoms with Crippen LogP contribution < -0.4 is 10.2 Å². The predicted molar refractivity (Wildman–Crippen MR) is 99.2 cm³/mol. The SMILES string of the molecule is C[C@@H]1[C@H](C)CCC[C@H]1NC(=O)CN1CCN(c2ccc(F)cc2)CC1. The quantitative estimate of drug-likeness (QED) is 0.910. The molecule has 0 aromatic heterocycles. The van der Waals surface area contributed by atoms with Crippen LogP contribution in [-0.4, -0.2) is 49.6 Å². The Hall–Kier alpha value is -1.62. The van der Waals surface area contributed by atoms with Crippen molar-refractivity contribution in [2.24, 2.45) is 11.8 Å². The fraction of sp³-hybridized carbons (Fsp3) is 0.650. The molecular weight excluding hydrogens is 317 g/mol. The van der Waals surface area contributed by atoms with Gasteiger partial charge in [-0.05, 0) is 42.5 Å². The summed E-state index contributed by atoms with van der Waals surface area (Å²) < 4.78 is 13.0. The van der Waals surface area contributed by atoms with E-state index in [2.05, 4.69) is 29.0 Å². The molecule has 1 N–H and O–H groups in total. The summed E-state index contributed by atoms with van der Waals surface area (Å²) in [4.78, 5) is 16.9. The van der Waals surface area contributed by atoms with Crippen molar-refractivity contribution in [2.45, 2.75) is 39.2 Å². The van der Waals surface area contributed by atoms with E-state index in [1.54, 1.807) is 0 Å². The first kappa shape index (κ1) is 18.2. The highest BCUT2D eigenvalue weighted by molar-refractivity contribution is 5.78. The molecule has 1 saturated heterocycles. The molecule has 0 bridgehead atoms. The highest BCUT2D eigenvalue weighted by Crippen LogP contribution is 2.29. The van der Waals surface area contributed by atoms with E-state index in [1.165, 1.54) is 25.0 Å². The van der Waals surface area contributed by atoms with Gasteiger partial charge in [0.05, 0.1) is 6.54 Å². The van der Waals surface area contributed by atoms with Crippen LogP contribution in [0.5, 0.6) is 0 Å². The lowest BCUT2D eigenvalue weighted by Crippen LogP contribution is -2.52. The average Bonchev–Trinajstić information content (AvgIpc) is 2.60. The first-order valence-corrected chi connectivity index (χ1v) is 9.55. The van der Waals surface area contributed by atoms with Crippen molar-refractivity contribution in [1.29, 1.82) is 0 Å². The number of carbonyl (C=O) groups excluding carboxylic acids is 1. The molecule has 1 heterocycles. The number of halogens is 1. The summed E-state index contributed by atoms with van der Waals surface area (Å²) in [6, 6.07) is 6.98. The van der Waals surface area contributed by atoms with Crippen LogP contribution in [0.4, 0.5) is 10.1 Å². The van der Waals surface area contributed by atoms with E-state index < -0.39 is 0 Å². The summed E-state index contributed by atoms with van der Waals surface area (Å²) in [5.41, 5.74) is 1.05. The Morgan fingerprint density at radius 2 is 1.80 bits per heavy atom. The molecule has 0 radical (unpaired) electrons. The average molecular weight is 347 g/mol. The minimum absolute atomic E-state index is 0.154. The van der Waals surface area contributed by atoms with Crippen LogP contribution in [0.25, 0.3) is 0 Å². The van der Waals surface area contributed by atoms with Crippen LogP contribution in [0.3, 0.4) is 0 Å². The zero-order valence-electron chi connectivity index (χ0n) is 15.4. The molecule has 138 valence electrons. The smallest absolute Gasteiger partial charge is 0.234 e. The number of piperazine rings is 1. The van der Waals surface area contributed by atoms with Crippen LogP contribution in [0, 0.1) is 17.7 Å². The van der Waals surface area contributed by atoms with Gasteiger partial charge >= 0.3 is 0 Å². The molecule has 4 nitrogen and oxygen atoms in total. The van der Waals surface area contributed by atoms with Crippen LogP contribution >= 0.6 is 0 Å². The Morgan fingerprint density at radius 1 is 1.12 bits per heavy atom. The van der Waals surface area contributed by atoms with Crippen molar-refractivity contribution in [3.8, 4) is 0 Å². The molecule has 3 rings (SSSR count). The third-order valence-corrected chi connectivity index (χ3v) is 5.98. The van der Waals surface area contributed by atoms with Crippen LogP contribution in [-0.2, 0) is 4.79 Å². The van der Waals surface area contributed by atoms with E-state index in [4.69, 9.17) is 0 Å². The van der Waals surface area contributed by atoms with Gasteiger partial charge in [0.2, 0.25) is 5.91 Å². The van der Waals surface area contributed by atoms with Gasteiger partial charge in [-0.2, -0.15) is 0 Å². The maximum Gasteiger partial charge on any atom is 0.234 e. The van der Waals surface area contributed by atoms with Gasteiger partial charge in [-0.25, -0.2) is 4.39 Å². The van der Waals surface area contributed by atoms with Gasteiger partial charge in [0.25, 0.3) is 0 Å². The second-order valence-corrected chi connectivity index (χ2v) is 7.68. The fourth-order valence-electron chi connectivity index (χ4n) is 4.06. The van der Waals surface area contributed by atoms with Gasteiger partial charge in [-0.3, -0.25) is 9.69 Å². The van der Waals surface area contributed by atoms with Gasteiger partial charge in [-0.15, -0.1) is 0 Å². The molecule has 2 fully saturated rings. The number of benzene rings is 1. The molecule has 1 aliphatic heterocycles. The van der Waals surface area contributed by atoms with Gasteiger partial charge in [0.1, 0.15) is 5.82 Å². The third-order valence-electron chi connectivity index (χ3n) is 5.98. The zero-order valence-corrected chi connectivity index (χ0v) is 15.4. The Kier molecular flexibility index (Phi) is 5.94. The second kappa shape index (κ2) is 8.17. The van der Waals surface area contributed by atoms with Crippen molar-refractivity contribution in [2.75, 3.05) is 37.6 Å². The molecule has 1 amide bonds. The van der Waals surface area contributed by atoms with Gasteiger partial charge in [0, 0.05) is 37.9 Å². The Labute approximate surface area is 150 Å². The van der Waals surface area contributed by atoms with E-state index in [9.17, 15) is 9.18 Å². The van der Waals surface area contributed by atoms with Gasteiger partial charge in [-0.1, -0.05) is 26.7 Å². The number of rotatable bonds is 4. The molecule has 2 aliphatic rings. The first-order chi connectivity index (χ1) is 12.0. The molecule has 1 aliphatic carbocycles. The van der Waals surface area contributed by atoms with E-state index in [-0.39, 0.29) is 11.7 Å². The lowest BCUT2D eigenvalue weighted by atomic mass is 9.78. The Bertz CT molecular complexity index is 569. The van der Waals surface area contributed by atoms with Crippen LogP contribution in [0.15, 0.2) is 24.3 Å². The van der Waals surface area contributed by atoms with Crippen molar-refractivity contribution < 1.29 is 9.18 Å². The maximum absolute atomic E-state index is 13.0. The van der Waals surface area contributed by atoms with E-state index in [0.29, 0.717) is 24.4 Å². The largest absolute Gasteiger partial charge is 0.369 e. The number of nitrogens with one attached hydrogen (secondary N) is 1. The molecule has 3 atom stereocenters. The van der Waals surface area contributed by atoms with E-state index >= 15 is 0 Å². The predicted octanol–water partition coefficient (Wildman–Crippen LogP) is 2.89. The maximum atomic E-state index is 13.0. The second-order valence-electron chi connectivity index (χ2n) is 7.68. The van der Waals surface area contributed by atoms with E-state index in [0.717, 1.165) is 38.3 Å². The monoisotopic (exact) mass is 347 g/mol. The number of hydrogen-bond donors (Lipinski definition) is 1. The number of carbonyl (C=O) groups is 1. The molecule has 1 aromatic carbocycles. The minimum atomic E-state index is -0.203. The van der Waals surface area contributed by atoms with Crippen molar-refractivity contribution in [3.63, 3.8) is 0 Å². The summed E-state index contributed by atoms with van der Waals surface area (Å²) in [6.45, 7) is 8.50. The van der Waals surface area contributed by atoms with Crippen molar-refractivity contribution in [3.05, 3.63) is 30.1 Å². The summed E-state index contributed by atoms with van der Waals surface area (Å²) in [7, 11) is 0. The number of anilines is 1. The van der Waals surface area contributed by atoms with Crippen molar-refractivity contribution in [1.82, 2.24) is 10.2 Å². The summed E-state index contributed by atoms with van der Waals surface area (Å²) in [5, 5.41) is 3.26. The molecular formula is C20H30FN3O. The molecule has 0 spiro atoms. The number of amides is 1. The topological polar surface area (TPSA) is 35.6 Å². The molecule has 5 heteroatoms. The highest BCUT2D eigenvalue weighted by atomic mass is 19.1. The van der Waals surface area contributed by atoms with Crippen LogP contribution in [0.1, 0.15) is 33.1 Å². The number of nitrogens with zero attached hydrogens (tertiary/aromatic N) is 2. The van der Waals surface area contributed by atoms with Gasteiger partial charge in [0.15, 0.2) is 0 Å². The van der Waals surface area contributed by atoms with E-state index in [1.807, 2.05) is 12.1 Å². The standard InChI is InChI=1S/C20H30FN3O/c1-15-4-3-5-19(16(15)2)22-20(25)14-23-10-12-24(13-11-23)18-8-6-17(21)7-9-18/h6-9,15-16,19H,3-5,10-14H2,1-2H3,(H,22,25)/t15-,16-,19-/m1/s1. The number of hydrogen-bond acceptors (Lipinski definition) is 3. The normalized spacial score (nSPS) is 28.0. The van der Waals surface area contributed by atoms with Crippen LogP contribution in [0.2, 0.25) is 0 Å². The third kappa shape index (κ3) is 4.72. The molecule has 25 heavy (non-hydrogen) atoms. The highest BCUT2D eigenvalue weighted by Gasteiger charge is 2.28. The summed E-state index contributed by atoms with van der Waals surface area (Å²) >= 11 is 0. The lowest BCUT2D eigenvalue weighted by Gasteiger charge is -2.37. The Balaban J connectivity index is 1.44. The molecule has 1 saturated carbocycles. The van der Waals surface area contributed by atoms with Gasteiger partial charge < -0.3 is 10.2 Å². The lowest BCUT2D eigenvalue weighted by molar-refractivity contribution is -0.123. The molecule has 1 aromatic rings. The molecule has 0 unspecified atom stereocenters. The Morgan fingerprint density at radius 3 is 2.48 bits per heavy atom.